The predicted molar refractivity (Wildman–Crippen MR) is 158 cm³/mol. The molecule has 1 aliphatic rings. The van der Waals surface area contributed by atoms with Crippen molar-refractivity contribution in [3.8, 4) is 6.07 Å². The number of ether oxygens (including phenoxy) is 1. The van der Waals surface area contributed by atoms with Crippen LogP contribution in [0, 0.1) is 18.3 Å². The van der Waals surface area contributed by atoms with Gasteiger partial charge in [-0.1, -0.05) is 30.3 Å². The third-order valence-electron chi connectivity index (χ3n) is 6.91. The molecule has 10 nitrogen and oxygen atoms in total. The zero-order valence-electron chi connectivity index (χ0n) is 25.2. The van der Waals surface area contributed by atoms with E-state index in [0.717, 1.165) is 5.56 Å². The Balaban J connectivity index is 1.68. The second-order valence-corrected chi connectivity index (χ2v) is 11.5. The lowest BCUT2D eigenvalue weighted by atomic mass is 10.1. The first-order valence-corrected chi connectivity index (χ1v) is 13.9. The van der Waals surface area contributed by atoms with Crippen molar-refractivity contribution >= 4 is 23.6 Å². The van der Waals surface area contributed by atoms with Crippen molar-refractivity contribution in [2.45, 2.75) is 66.3 Å². The number of nitriles is 1. The lowest BCUT2D eigenvalue weighted by Gasteiger charge is -2.33. The molecule has 0 aromatic heterocycles. The van der Waals surface area contributed by atoms with Gasteiger partial charge in [0.2, 0.25) is 5.91 Å². The van der Waals surface area contributed by atoms with E-state index in [1.165, 1.54) is 11.1 Å². The fraction of sp³-hybridized carbons (Fsp3) is 0.484. The van der Waals surface area contributed by atoms with Crippen LogP contribution < -0.4 is 10.2 Å². The largest absolute Gasteiger partial charge is 0.444 e. The average molecular weight is 563 g/mol. The van der Waals surface area contributed by atoms with Crippen molar-refractivity contribution in [2.24, 2.45) is 0 Å². The average Bonchev–Trinajstić information content (AvgIpc) is 3.34. The summed E-state index contributed by atoms with van der Waals surface area (Å²) in [5.41, 5.74) is 3.56. The molecule has 2 aromatic carbocycles. The maximum Gasteiger partial charge on any atom is 0.410 e. The molecule has 0 unspecified atom stereocenters. The Morgan fingerprint density at radius 3 is 2.20 bits per heavy atom. The van der Waals surface area contributed by atoms with Crippen molar-refractivity contribution in [3.63, 3.8) is 0 Å². The van der Waals surface area contributed by atoms with Crippen LogP contribution in [0.3, 0.4) is 0 Å². The van der Waals surface area contributed by atoms with Crippen molar-refractivity contribution in [2.75, 3.05) is 38.1 Å². The molecule has 0 aliphatic carbocycles. The number of rotatable bonds is 10. The van der Waals surface area contributed by atoms with E-state index in [-0.39, 0.29) is 44.0 Å². The molecular weight excluding hydrogens is 520 g/mol. The van der Waals surface area contributed by atoms with Crippen molar-refractivity contribution in [3.05, 3.63) is 64.7 Å². The number of hydrogen-bond acceptors (Lipinski definition) is 7. The van der Waals surface area contributed by atoms with E-state index < -0.39 is 11.7 Å². The zero-order chi connectivity index (χ0) is 30.3. The maximum absolute atomic E-state index is 13.5. The highest BCUT2D eigenvalue weighted by Crippen LogP contribution is 2.24. The Labute approximate surface area is 243 Å². The molecule has 10 heteroatoms. The number of nitrogens with one attached hydrogen (secondary N) is 1. The summed E-state index contributed by atoms with van der Waals surface area (Å²) in [5, 5.41) is 16.0. The first-order valence-electron chi connectivity index (χ1n) is 13.9. The minimum absolute atomic E-state index is 0.0177. The quantitative estimate of drug-likeness (QED) is 0.469. The maximum atomic E-state index is 13.5. The van der Waals surface area contributed by atoms with E-state index >= 15 is 0 Å². The SMILES string of the molecule is Cc1ccc(C#N)cc1N(CCN(C(=O)OC(C)(C)C)C(C)C)C(=O)CNCC(=O)N(C)N1Cc2ccccc2C1. The van der Waals surface area contributed by atoms with Gasteiger partial charge in [-0.2, -0.15) is 5.26 Å². The van der Waals surface area contributed by atoms with Gasteiger partial charge in [0.25, 0.3) is 5.91 Å². The Kier molecular flexibility index (Phi) is 10.5. The summed E-state index contributed by atoms with van der Waals surface area (Å²) >= 11 is 0. The van der Waals surface area contributed by atoms with Crippen molar-refractivity contribution in [1.82, 2.24) is 20.2 Å². The number of fused-ring (bicyclic) bond motifs is 1. The minimum Gasteiger partial charge on any atom is -0.444 e. The van der Waals surface area contributed by atoms with Crippen molar-refractivity contribution < 1.29 is 19.1 Å². The van der Waals surface area contributed by atoms with E-state index in [1.54, 1.807) is 40.1 Å². The van der Waals surface area contributed by atoms with E-state index in [2.05, 4.69) is 23.5 Å². The summed E-state index contributed by atoms with van der Waals surface area (Å²) in [6, 6.07) is 15.2. The number of amides is 3. The van der Waals surface area contributed by atoms with Crippen LogP contribution in [0.5, 0.6) is 0 Å². The molecule has 0 spiro atoms. The molecular formula is C31H42N6O4. The first kappa shape index (κ1) is 31.6. The third kappa shape index (κ3) is 8.52. The van der Waals surface area contributed by atoms with E-state index in [9.17, 15) is 19.6 Å². The van der Waals surface area contributed by atoms with Crippen LogP contribution in [-0.4, -0.2) is 77.7 Å². The lowest BCUT2D eigenvalue weighted by molar-refractivity contribution is -0.145. The summed E-state index contributed by atoms with van der Waals surface area (Å²) in [6.07, 6.45) is -0.460. The molecule has 0 saturated heterocycles. The molecule has 0 bridgehead atoms. The number of hydrazine groups is 1. The Hall–Kier alpha value is -3.94. The van der Waals surface area contributed by atoms with Gasteiger partial charge in [-0.25, -0.2) is 9.80 Å². The van der Waals surface area contributed by atoms with Gasteiger partial charge in [0.1, 0.15) is 5.60 Å². The van der Waals surface area contributed by atoms with Gasteiger partial charge >= 0.3 is 6.09 Å². The summed E-state index contributed by atoms with van der Waals surface area (Å²) in [6.45, 7) is 12.7. The van der Waals surface area contributed by atoms with Gasteiger partial charge in [0.15, 0.2) is 0 Å². The highest BCUT2D eigenvalue weighted by Gasteiger charge is 2.27. The number of aryl methyl sites for hydroxylation is 1. The number of anilines is 1. The Morgan fingerprint density at radius 1 is 1.02 bits per heavy atom. The zero-order valence-corrected chi connectivity index (χ0v) is 25.2. The second kappa shape index (κ2) is 13.6. The monoisotopic (exact) mass is 562 g/mol. The fourth-order valence-corrected chi connectivity index (χ4v) is 4.61. The molecule has 220 valence electrons. The van der Waals surface area contributed by atoms with E-state index in [4.69, 9.17) is 4.74 Å². The van der Waals surface area contributed by atoms with Crippen LogP contribution in [0.25, 0.3) is 0 Å². The molecule has 0 atom stereocenters. The molecule has 0 fully saturated rings. The summed E-state index contributed by atoms with van der Waals surface area (Å²) in [5.74, 6) is -0.434. The molecule has 3 amide bonds. The smallest absolute Gasteiger partial charge is 0.410 e. The number of carbonyl (C=O) groups excluding carboxylic acids is 3. The third-order valence-corrected chi connectivity index (χ3v) is 6.91. The molecule has 0 radical (unpaired) electrons. The normalized spacial score (nSPS) is 13.0. The minimum atomic E-state index is -0.654. The van der Waals surface area contributed by atoms with E-state index in [0.29, 0.717) is 24.3 Å². The molecule has 3 rings (SSSR count). The summed E-state index contributed by atoms with van der Waals surface area (Å²) in [4.78, 5) is 42.5. The number of carbonyl (C=O) groups is 3. The topological polar surface area (TPSA) is 109 Å². The standard InChI is InChI=1S/C31H42N6O4/c1-22(2)36(30(40)41-31(4,5)6)14-15-37(27-16-24(17-32)13-12-23(27)3)29(39)19-33-18-28(38)34(7)35-20-25-10-8-9-11-26(25)21-35/h8-13,16,22,33H,14-15,18-21H2,1-7H3. The molecule has 1 N–H and O–H groups in total. The molecule has 1 aliphatic heterocycles. The molecule has 1 heterocycles. The van der Waals surface area contributed by atoms with Crippen LogP contribution >= 0.6 is 0 Å². The number of benzene rings is 2. The van der Waals surface area contributed by atoms with Crippen molar-refractivity contribution in [1.29, 1.82) is 5.26 Å². The molecule has 41 heavy (non-hydrogen) atoms. The first-order chi connectivity index (χ1) is 19.3. The predicted octanol–water partition coefficient (Wildman–Crippen LogP) is 3.82. The number of nitrogens with zero attached hydrogens (tertiary/aromatic N) is 5. The van der Waals surface area contributed by atoms with Gasteiger partial charge < -0.3 is 14.5 Å². The van der Waals surface area contributed by atoms with Gasteiger partial charge in [-0.3, -0.25) is 19.9 Å². The van der Waals surface area contributed by atoms with Crippen LogP contribution in [-0.2, 0) is 27.4 Å². The van der Waals surface area contributed by atoms with Crippen LogP contribution in [0.15, 0.2) is 42.5 Å². The summed E-state index contributed by atoms with van der Waals surface area (Å²) < 4.78 is 5.58. The van der Waals surface area contributed by atoms with Gasteiger partial charge in [0, 0.05) is 45.0 Å². The van der Waals surface area contributed by atoms with Gasteiger partial charge in [-0.05, 0) is 70.4 Å². The molecule has 2 aromatic rings. The highest BCUT2D eigenvalue weighted by molar-refractivity contribution is 5.96. The van der Waals surface area contributed by atoms with Crippen LogP contribution in [0.2, 0.25) is 0 Å². The van der Waals surface area contributed by atoms with Crippen LogP contribution in [0.4, 0.5) is 10.5 Å². The molecule has 0 saturated carbocycles. The number of hydrogen-bond donors (Lipinski definition) is 1. The number of likely N-dealkylation sites (N-methyl/N-ethyl adjacent to an activating group) is 1. The summed E-state index contributed by atoms with van der Waals surface area (Å²) in [7, 11) is 1.73. The fourth-order valence-electron chi connectivity index (χ4n) is 4.61. The Morgan fingerprint density at radius 2 is 1.63 bits per heavy atom. The second-order valence-electron chi connectivity index (χ2n) is 11.5. The van der Waals surface area contributed by atoms with Gasteiger partial charge in [0.05, 0.1) is 24.7 Å². The van der Waals surface area contributed by atoms with Gasteiger partial charge in [-0.15, -0.1) is 0 Å². The highest BCUT2D eigenvalue weighted by atomic mass is 16.6. The van der Waals surface area contributed by atoms with E-state index in [1.807, 2.05) is 58.7 Å². The van der Waals surface area contributed by atoms with Crippen LogP contribution in [0.1, 0.15) is 56.9 Å². The lowest BCUT2D eigenvalue weighted by Crippen LogP contribution is -2.49. The Bertz CT molecular complexity index is 1270.